The van der Waals surface area contributed by atoms with Crippen LogP contribution in [0.2, 0.25) is 0 Å². The lowest BCUT2D eigenvalue weighted by atomic mass is 9.95. The van der Waals surface area contributed by atoms with Crippen LogP contribution >= 0.6 is 47.9 Å². The molecule has 6 atom stereocenters. The first-order chi connectivity index (χ1) is 13.1. The number of phosphoric acid groups is 3. The van der Waals surface area contributed by atoms with E-state index in [0.717, 1.165) is 0 Å². The second-order valence-electron chi connectivity index (χ2n) is 5.81. The molecule has 0 radical (unpaired) electrons. The molecule has 2 rings (SSSR count). The van der Waals surface area contributed by atoms with E-state index in [4.69, 9.17) is 43.5 Å². The summed E-state index contributed by atoms with van der Waals surface area (Å²) in [5.41, 5.74) is 0. The highest BCUT2D eigenvalue weighted by atomic mass is 32.1. The van der Waals surface area contributed by atoms with Crippen molar-refractivity contribution in [2.75, 3.05) is 6.61 Å². The van der Waals surface area contributed by atoms with Crippen molar-refractivity contribution in [3.05, 3.63) is 21.7 Å². The molecule has 6 N–H and O–H groups in total. The summed E-state index contributed by atoms with van der Waals surface area (Å²) in [5, 5.41) is 9.60. The second kappa shape index (κ2) is 9.15. The highest BCUT2D eigenvalue weighted by molar-refractivity contribution is 7.72. The number of H-pyrrole nitrogens is 1. The Hall–Kier alpha value is -0.150. The van der Waals surface area contributed by atoms with E-state index >= 15 is 0 Å². The van der Waals surface area contributed by atoms with Gasteiger partial charge in [-0.25, -0.2) is 13.7 Å². The molecule has 1 saturated heterocycles. The number of aromatic nitrogens is 2. The van der Waals surface area contributed by atoms with Crippen LogP contribution in [0.3, 0.4) is 0 Å². The van der Waals surface area contributed by atoms with Crippen LogP contribution in [0.5, 0.6) is 0 Å². The summed E-state index contributed by atoms with van der Waals surface area (Å²) in [5.74, 6) is -1.44. The molecule has 0 aromatic carbocycles. The van der Waals surface area contributed by atoms with Gasteiger partial charge in [-0.2, -0.15) is 8.62 Å². The average molecular weight is 514 g/mol. The fraction of sp³-hybridized carbons (Fsp3) is 0.600. The van der Waals surface area contributed by atoms with Crippen molar-refractivity contribution in [1.82, 2.24) is 9.55 Å². The van der Waals surface area contributed by atoms with Gasteiger partial charge in [0.05, 0.1) is 6.61 Å². The van der Waals surface area contributed by atoms with Crippen molar-refractivity contribution < 1.29 is 56.3 Å². The van der Waals surface area contributed by atoms with Gasteiger partial charge < -0.3 is 34.4 Å². The summed E-state index contributed by atoms with van der Waals surface area (Å²) in [6.45, 7) is 1.05. The summed E-state index contributed by atoms with van der Waals surface area (Å²) in [6.07, 6.45) is -1.01. The van der Waals surface area contributed by atoms with Gasteiger partial charge >= 0.3 is 23.5 Å². The molecule has 0 saturated carbocycles. The van der Waals surface area contributed by atoms with Crippen LogP contribution in [-0.4, -0.2) is 47.1 Å². The third-order valence-corrected chi connectivity index (χ3v) is 8.09. The van der Waals surface area contributed by atoms with E-state index in [-0.39, 0.29) is 4.77 Å². The molecular formula is C10H17N2O12P3S2. The molecule has 29 heavy (non-hydrogen) atoms. The summed E-state index contributed by atoms with van der Waals surface area (Å²) in [7, 11) is -16.6. The van der Waals surface area contributed by atoms with Crippen LogP contribution in [0.25, 0.3) is 0 Å². The first-order valence-electron chi connectivity index (χ1n) is 7.54. The molecule has 4 unspecified atom stereocenters. The Morgan fingerprint density at radius 2 is 1.79 bits per heavy atom. The van der Waals surface area contributed by atoms with Gasteiger partial charge in [0.15, 0.2) is 11.1 Å². The molecule has 19 heteroatoms. The zero-order chi connectivity index (χ0) is 22.2. The number of aliphatic hydroxyl groups is 1. The van der Waals surface area contributed by atoms with Gasteiger partial charge in [-0.3, -0.25) is 9.09 Å². The average Bonchev–Trinajstić information content (AvgIpc) is 2.78. The van der Waals surface area contributed by atoms with Crippen molar-refractivity contribution in [2.45, 2.75) is 19.4 Å². The van der Waals surface area contributed by atoms with E-state index in [1.54, 1.807) is 6.92 Å². The Balaban J connectivity index is 2.22. The molecule has 14 nitrogen and oxygen atoms in total. The first-order valence-corrected chi connectivity index (χ1v) is 12.9. The molecule has 1 aromatic rings. The maximum absolute atomic E-state index is 12.0. The Morgan fingerprint density at radius 1 is 1.17 bits per heavy atom. The Kier molecular flexibility index (Phi) is 7.92. The predicted molar refractivity (Wildman–Crippen MR) is 99.1 cm³/mol. The zero-order valence-electron chi connectivity index (χ0n) is 14.4. The summed E-state index contributed by atoms with van der Waals surface area (Å²) >= 11 is 10.1. The lowest BCUT2D eigenvalue weighted by Gasteiger charge is -2.22. The first kappa shape index (κ1) is 25.1. The molecule has 0 bridgehead atoms. The fourth-order valence-corrected chi connectivity index (χ4v) is 6.18. The third kappa shape index (κ3) is 6.92. The second-order valence-corrected chi connectivity index (χ2v) is 11.0. The minimum Gasteiger partial charge on any atom is -0.396 e. The van der Waals surface area contributed by atoms with E-state index < -0.39 is 54.4 Å². The van der Waals surface area contributed by atoms with Crippen molar-refractivity contribution >= 4 is 47.9 Å². The molecule has 1 fully saturated rings. The van der Waals surface area contributed by atoms with Crippen LogP contribution in [0.1, 0.15) is 13.2 Å². The number of ether oxygens (including phenoxy) is 1. The fourth-order valence-electron chi connectivity index (χ4n) is 2.55. The van der Waals surface area contributed by atoms with Crippen LogP contribution in [0.4, 0.5) is 0 Å². The topological polar surface area (TPSA) is 210 Å². The minimum atomic E-state index is -5.68. The highest BCUT2D eigenvalue weighted by Crippen LogP contribution is 2.67. The molecule has 0 amide bonds. The van der Waals surface area contributed by atoms with Gasteiger partial charge in [0.1, 0.15) is 10.9 Å². The van der Waals surface area contributed by atoms with E-state index in [9.17, 15) is 28.6 Å². The largest absolute Gasteiger partial charge is 0.490 e. The van der Waals surface area contributed by atoms with Gasteiger partial charge in [-0.1, -0.05) is 19.1 Å². The van der Waals surface area contributed by atoms with Crippen LogP contribution < -0.4 is 0 Å². The normalized spacial score (nSPS) is 29.3. The quantitative estimate of drug-likeness (QED) is 0.216. The van der Waals surface area contributed by atoms with Gasteiger partial charge in [0.2, 0.25) is 0 Å². The molecular weight excluding hydrogens is 497 g/mol. The number of nitrogens with one attached hydrogen (secondary N) is 1. The van der Waals surface area contributed by atoms with Crippen molar-refractivity contribution in [1.29, 1.82) is 0 Å². The van der Waals surface area contributed by atoms with Crippen molar-refractivity contribution in [3.8, 4) is 0 Å². The van der Waals surface area contributed by atoms with Crippen LogP contribution in [0, 0.1) is 21.2 Å². The van der Waals surface area contributed by atoms with Gasteiger partial charge in [-0.15, -0.1) is 0 Å². The summed E-state index contributed by atoms with van der Waals surface area (Å²) in [4.78, 5) is 38.7. The number of hydrogen-bond acceptors (Lipinski definition) is 10. The Labute approximate surface area is 173 Å². The monoisotopic (exact) mass is 514 g/mol. The number of rotatable bonds is 8. The van der Waals surface area contributed by atoms with Crippen molar-refractivity contribution in [3.63, 3.8) is 0 Å². The summed E-state index contributed by atoms with van der Waals surface area (Å²) < 4.78 is 53.6. The Morgan fingerprint density at radius 3 is 2.31 bits per heavy atom. The molecule has 0 spiro atoms. The highest BCUT2D eigenvalue weighted by Gasteiger charge is 2.49. The smallest absolute Gasteiger partial charge is 0.396 e. The zero-order valence-corrected chi connectivity index (χ0v) is 18.7. The maximum atomic E-state index is 12.0. The number of phosphoric ester groups is 1. The van der Waals surface area contributed by atoms with Crippen LogP contribution in [0.15, 0.2) is 12.3 Å². The molecule has 1 aliphatic rings. The minimum absolute atomic E-state index is 0.157. The van der Waals surface area contributed by atoms with E-state index in [2.05, 4.69) is 13.6 Å². The molecule has 2 heterocycles. The maximum Gasteiger partial charge on any atom is 0.490 e. The number of hydrogen-bond donors (Lipinski definition) is 6. The number of aliphatic hydroxyl groups excluding tert-OH is 1. The number of nitrogens with zero attached hydrogens (tertiary/aromatic N) is 1. The van der Waals surface area contributed by atoms with Crippen molar-refractivity contribution in [2.24, 2.45) is 11.8 Å². The van der Waals surface area contributed by atoms with E-state index in [1.165, 1.54) is 16.8 Å². The molecule has 166 valence electrons. The lowest BCUT2D eigenvalue weighted by Crippen LogP contribution is -2.25. The van der Waals surface area contributed by atoms with E-state index in [1.807, 2.05) is 0 Å². The van der Waals surface area contributed by atoms with Crippen LogP contribution in [-0.2, 0) is 31.6 Å². The lowest BCUT2D eigenvalue weighted by molar-refractivity contribution is -0.125. The standard InChI is InChI=1S/C10H17N2O12P3S2/c1-5-6(4-13)9(21-8(5)12-3-2-7(28)11-10(12)29)22-26(17,18)24-27(19,20)23-25(14,15)16/h2-3,5-6,8-9,13H,4H2,1H3,(H,17,18)(H,19,20)(H,11,28,29)(H2,14,15,16)/t5?,6?,8-,9-/m1/s1. The van der Waals surface area contributed by atoms with Gasteiger partial charge in [0, 0.05) is 18.0 Å². The predicted octanol–water partition coefficient (Wildman–Crippen LogP) is 1.72. The SMILES string of the molecule is CC1C(CO)[C@@H](OP(=O)(O)OP(=O)(O)OP(=O)(O)O)O[C@H]1n1ccc(=S)[nH]c1=S. The van der Waals surface area contributed by atoms with E-state index in [0.29, 0.717) is 4.64 Å². The third-order valence-electron chi connectivity index (χ3n) is 3.74. The molecule has 0 aliphatic carbocycles. The molecule has 1 aliphatic heterocycles. The Bertz CT molecular complexity index is 1010. The molecule has 1 aromatic heterocycles. The van der Waals surface area contributed by atoms with Gasteiger partial charge in [0.25, 0.3) is 0 Å². The summed E-state index contributed by atoms with van der Waals surface area (Å²) in [6, 6.07) is 1.50. The van der Waals surface area contributed by atoms with Gasteiger partial charge in [-0.05, 0) is 18.3 Å². The number of aromatic amines is 1.